The van der Waals surface area contributed by atoms with E-state index in [1.54, 1.807) is 50.1 Å². The molecule has 20 heavy (non-hydrogen) atoms. The molecule has 96 valence electrons. The number of benzene rings is 2. The van der Waals surface area contributed by atoms with Crippen LogP contribution in [0.1, 0.15) is 45.7 Å². The summed E-state index contributed by atoms with van der Waals surface area (Å²) in [6.07, 6.45) is 8.69. The van der Waals surface area contributed by atoms with Gasteiger partial charge in [0.1, 0.15) is 0 Å². The van der Waals surface area contributed by atoms with E-state index in [4.69, 9.17) is 0 Å². The largest absolute Gasteiger partial charge is 0.0799 e. The molecule has 4 aliphatic rings. The molecule has 0 aromatic heterocycles. The zero-order valence-electron chi connectivity index (χ0n) is 11.5. The minimum Gasteiger partial charge on any atom is -0.0799 e. The maximum Gasteiger partial charge on any atom is 0.0317 e. The number of hydrogen-bond donors (Lipinski definition) is 0. The highest BCUT2D eigenvalue weighted by molar-refractivity contribution is 5.89. The molecule has 0 saturated heterocycles. The quantitative estimate of drug-likeness (QED) is 0.616. The number of hydrogen-bond acceptors (Lipinski definition) is 0. The van der Waals surface area contributed by atoms with E-state index < -0.39 is 0 Å². The van der Waals surface area contributed by atoms with Crippen molar-refractivity contribution in [1.29, 1.82) is 0 Å². The standard InChI is InChI=1S/C20H16/c1-2-12-5-6-14-9-10-15-8-7-13-4-3-11(1)16-17(12)19(14)20(15)18(13)16/h1-2,4,9-10,18H,3,5-8H2/t18-/m0/s1. The smallest absolute Gasteiger partial charge is 0.0317 e. The molecule has 0 nitrogen and oxygen atoms in total. The first-order valence-corrected chi connectivity index (χ1v) is 7.90. The molecule has 0 fully saturated rings. The molecule has 0 heteroatoms. The van der Waals surface area contributed by atoms with Gasteiger partial charge in [-0.3, -0.25) is 0 Å². The Bertz CT molecular complexity index is 836. The average molecular weight is 256 g/mol. The summed E-state index contributed by atoms with van der Waals surface area (Å²) in [5.41, 5.74) is 14.8. The van der Waals surface area contributed by atoms with Gasteiger partial charge in [-0.2, -0.15) is 0 Å². The summed E-state index contributed by atoms with van der Waals surface area (Å²) >= 11 is 0. The summed E-state index contributed by atoms with van der Waals surface area (Å²) < 4.78 is 0. The maximum absolute atomic E-state index is 2.53. The monoisotopic (exact) mass is 256 g/mol. The third-order valence-electron chi connectivity index (χ3n) is 5.97. The lowest BCUT2D eigenvalue weighted by Crippen LogP contribution is -2.15. The molecule has 0 bridgehead atoms. The minimum absolute atomic E-state index is 0.630. The molecule has 6 rings (SSSR count). The Morgan fingerprint density at radius 3 is 2.05 bits per heavy atom. The number of rotatable bonds is 0. The first-order valence-electron chi connectivity index (χ1n) is 7.90. The van der Waals surface area contributed by atoms with Crippen LogP contribution in [0.25, 0.3) is 11.1 Å². The lowest BCUT2D eigenvalue weighted by Gasteiger charge is -2.30. The molecule has 0 N–H and O–H groups in total. The highest BCUT2D eigenvalue weighted by Crippen LogP contribution is 2.58. The van der Waals surface area contributed by atoms with Crippen LogP contribution < -0.4 is 0 Å². The Morgan fingerprint density at radius 1 is 0.650 bits per heavy atom. The molecule has 2 aromatic rings. The highest BCUT2D eigenvalue weighted by Gasteiger charge is 2.41. The summed E-state index contributed by atoms with van der Waals surface area (Å²) in [5.74, 6) is 0.630. The number of allylic oxidation sites excluding steroid dienone is 2. The molecule has 0 radical (unpaired) electrons. The predicted octanol–water partition coefficient (Wildman–Crippen LogP) is 4.33. The van der Waals surface area contributed by atoms with Crippen molar-refractivity contribution < 1.29 is 0 Å². The fraction of sp³-hybridized carbons (Fsp3) is 0.300. The van der Waals surface area contributed by atoms with Crippen LogP contribution in [-0.4, -0.2) is 0 Å². The minimum atomic E-state index is 0.630. The average Bonchev–Trinajstić information content (AvgIpc) is 2.88. The molecular weight excluding hydrogens is 240 g/mol. The van der Waals surface area contributed by atoms with Gasteiger partial charge in [0, 0.05) is 5.92 Å². The molecule has 0 aliphatic heterocycles. The highest BCUT2D eigenvalue weighted by atomic mass is 14.4. The Morgan fingerprint density at radius 2 is 1.25 bits per heavy atom. The molecule has 1 atom stereocenters. The summed E-state index contributed by atoms with van der Waals surface area (Å²) in [7, 11) is 0. The van der Waals surface area contributed by atoms with Gasteiger partial charge >= 0.3 is 0 Å². The van der Waals surface area contributed by atoms with E-state index in [-0.39, 0.29) is 0 Å². The van der Waals surface area contributed by atoms with E-state index in [1.165, 1.54) is 25.7 Å². The second kappa shape index (κ2) is 3.09. The molecular formula is C20H16. The second-order valence-corrected chi connectivity index (χ2v) is 6.76. The fourth-order valence-corrected chi connectivity index (χ4v) is 5.15. The SMILES string of the molecule is C1=C2CCc3ccc4c5c3[C@@H]2c2c(ccc(c2-5)CC4)C1. The van der Waals surface area contributed by atoms with Gasteiger partial charge in [-0.05, 0) is 76.6 Å². The Labute approximate surface area is 119 Å². The van der Waals surface area contributed by atoms with Crippen molar-refractivity contribution in [3.8, 4) is 11.1 Å². The normalized spacial score (nSPS) is 22.8. The van der Waals surface area contributed by atoms with Crippen molar-refractivity contribution in [2.45, 2.75) is 38.0 Å². The van der Waals surface area contributed by atoms with Crippen molar-refractivity contribution in [2.75, 3.05) is 0 Å². The van der Waals surface area contributed by atoms with Crippen molar-refractivity contribution in [2.24, 2.45) is 0 Å². The van der Waals surface area contributed by atoms with Crippen LogP contribution in [0.4, 0.5) is 0 Å². The third kappa shape index (κ3) is 0.934. The van der Waals surface area contributed by atoms with Crippen LogP contribution in [0, 0.1) is 0 Å². The van der Waals surface area contributed by atoms with E-state index in [9.17, 15) is 0 Å². The van der Waals surface area contributed by atoms with E-state index >= 15 is 0 Å². The molecule has 0 unspecified atom stereocenters. The molecule has 0 heterocycles. The zero-order valence-corrected chi connectivity index (χ0v) is 11.5. The van der Waals surface area contributed by atoms with Crippen LogP contribution in [-0.2, 0) is 25.7 Å². The van der Waals surface area contributed by atoms with E-state index in [1.807, 2.05) is 0 Å². The Hall–Kier alpha value is -1.82. The summed E-state index contributed by atoms with van der Waals surface area (Å²) in [6.45, 7) is 0. The van der Waals surface area contributed by atoms with Gasteiger partial charge in [0.25, 0.3) is 0 Å². The molecule has 0 amide bonds. The van der Waals surface area contributed by atoms with Gasteiger partial charge in [0.15, 0.2) is 0 Å². The van der Waals surface area contributed by atoms with Crippen molar-refractivity contribution in [3.05, 3.63) is 69.3 Å². The van der Waals surface area contributed by atoms with Crippen molar-refractivity contribution in [3.63, 3.8) is 0 Å². The maximum atomic E-state index is 2.53. The Kier molecular flexibility index (Phi) is 1.54. The second-order valence-electron chi connectivity index (χ2n) is 6.76. The van der Waals surface area contributed by atoms with Crippen molar-refractivity contribution in [1.82, 2.24) is 0 Å². The zero-order chi connectivity index (χ0) is 12.8. The molecule has 4 aliphatic carbocycles. The number of aryl methyl sites for hydroxylation is 3. The first kappa shape index (κ1) is 9.99. The molecule has 0 spiro atoms. The van der Waals surface area contributed by atoms with Crippen LogP contribution in [0.2, 0.25) is 0 Å². The van der Waals surface area contributed by atoms with Crippen LogP contribution in [0.5, 0.6) is 0 Å². The lowest BCUT2D eigenvalue weighted by atomic mass is 9.74. The summed E-state index contributed by atoms with van der Waals surface area (Å²) in [5, 5.41) is 0. The third-order valence-corrected chi connectivity index (χ3v) is 5.97. The first-order chi connectivity index (χ1) is 9.92. The van der Waals surface area contributed by atoms with Gasteiger partial charge in [-0.1, -0.05) is 35.9 Å². The van der Waals surface area contributed by atoms with Crippen LogP contribution in [0.3, 0.4) is 0 Å². The molecule has 2 aromatic carbocycles. The van der Waals surface area contributed by atoms with E-state index in [0.717, 1.165) is 6.42 Å². The predicted molar refractivity (Wildman–Crippen MR) is 81.2 cm³/mol. The molecule has 0 saturated carbocycles. The van der Waals surface area contributed by atoms with Gasteiger partial charge in [0.05, 0.1) is 0 Å². The lowest BCUT2D eigenvalue weighted by molar-refractivity contribution is 0.755. The van der Waals surface area contributed by atoms with Gasteiger partial charge in [-0.15, -0.1) is 0 Å². The summed E-state index contributed by atoms with van der Waals surface area (Å²) in [6, 6.07) is 9.66. The van der Waals surface area contributed by atoms with Crippen molar-refractivity contribution >= 4 is 0 Å². The fourth-order valence-electron chi connectivity index (χ4n) is 5.15. The van der Waals surface area contributed by atoms with Gasteiger partial charge in [-0.25, -0.2) is 0 Å². The topological polar surface area (TPSA) is 0 Å². The Balaban J connectivity index is 1.88. The summed E-state index contributed by atoms with van der Waals surface area (Å²) in [4.78, 5) is 0. The van der Waals surface area contributed by atoms with Crippen LogP contribution in [0.15, 0.2) is 35.9 Å². The van der Waals surface area contributed by atoms with Gasteiger partial charge in [0.2, 0.25) is 0 Å². The van der Waals surface area contributed by atoms with E-state index in [0.29, 0.717) is 5.92 Å². The van der Waals surface area contributed by atoms with Gasteiger partial charge < -0.3 is 0 Å². The van der Waals surface area contributed by atoms with E-state index in [2.05, 4.69) is 30.3 Å². The van der Waals surface area contributed by atoms with Crippen LogP contribution >= 0.6 is 0 Å².